The number of carbonyl (C=O) groups excluding carboxylic acids is 1. The quantitative estimate of drug-likeness (QED) is 0.571. The molecule has 0 aromatic carbocycles. The summed E-state index contributed by atoms with van der Waals surface area (Å²) in [6.45, 7) is 3.51. The van der Waals surface area contributed by atoms with E-state index in [-0.39, 0.29) is 0 Å². The molecule has 0 N–H and O–H groups in total. The molecule has 1 heterocycles. The number of hydrogen-bond donors (Lipinski definition) is 0. The fourth-order valence-electron chi connectivity index (χ4n) is 1.93. The first-order chi connectivity index (χ1) is 8.24. The van der Waals surface area contributed by atoms with Crippen molar-refractivity contribution in [2.75, 3.05) is 18.0 Å². The van der Waals surface area contributed by atoms with E-state index in [1.54, 1.807) is 6.20 Å². The number of anilines is 1. The first kappa shape index (κ1) is 11.7. The molecule has 2 rings (SSSR count). The highest BCUT2D eigenvalue weighted by molar-refractivity contribution is 5.75. The van der Waals surface area contributed by atoms with E-state index < -0.39 is 0 Å². The minimum Gasteiger partial charge on any atom is -0.345 e. The maximum Gasteiger partial charge on any atom is 0.151 e. The summed E-state index contributed by atoms with van der Waals surface area (Å²) < 4.78 is 0. The Hall–Kier alpha value is -1.82. The minimum atomic E-state index is 0.574. The van der Waals surface area contributed by atoms with Crippen molar-refractivity contribution in [3.05, 3.63) is 23.4 Å². The smallest absolute Gasteiger partial charge is 0.151 e. The predicted octanol–water partition coefficient (Wildman–Crippen LogP) is 2.05. The second kappa shape index (κ2) is 5.01. The molecule has 0 spiro atoms. The van der Waals surface area contributed by atoms with Gasteiger partial charge in [0, 0.05) is 18.3 Å². The molecule has 0 saturated heterocycles. The zero-order chi connectivity index (χ0) is 12.3. The van der Waals surface area contributed by atoms with Crippen molar-refractivity contribution >= 4 is 12.1 Å². The number of aryl methyl sites for hydroxylation is 1. The van der Waals surface area contributed by atoms with Gasteiger partial charge in [-0.3, -0.25) is 4.79 Å². The lowest BCUT2D eigenvalue weighted by Crippen LogP contribution is -2.27. The molecule has 1 aliphatic carbocycles. The Morgan fingerprint density at radius 3 is 2.94 bits per heavy atom. The zero-order valence-electron chi connectivity index (χ0n) is 10.0. The van der Waals surface area contributed by atoms with Crippen LogP contribution in [-0.2, 0) is 0 Å². The highest BCUT2D eigenvalue weighted by atomic mass is 16.1. The van der Waals surface area contributed by atoms with E-state index in [2.05, 4.69) is 15.8 Å². The van der Waals surface area contributed by atoms with E-state index in [1.165, 1.54) is 12.8 Å². The third kappa shape index (κ3) is 2.85. The maximum absolute atomic E-state index is 10.7. The third-order valence-electron chi connectivity index (χ3n) is 2.97. The Labute approximate surface area is 102 Å². The zero-order valence-corrected chi connectivity index (χ0v) is 10.0. The lowest BCUT2D eigenvalue weighted by molar-refractivity contribution is 0.112. The van der Waals surface area contributed by atoms with Gasteiger partial charge in [0.05, 0.1) is 6.54 Å². The molecule has 1 fully saturated rings. The van der Waals surface area contributed by atoms with E-state index >= 15 is 0 Å². The lowest BCUT2D eigenvalue weighted by atomic mass is 10.2. The van der Waals surface area contributed by atoms with Gasteiger partial charge in [0.25, 0.3) is 0 Å². The molecule has 0 radical (unpaired) electrons. The van der Waals surface area contributed by atoms with Crippen molar-refractivity contribution in [2.45, 2.75) is 19.8 Å². The Morgan fingerprint density at radius 1 is 1.65 bits per heavy atom. The average molecular weight is 228 g/mol. The van der Waals surface area contributed by atoms with Gasteiger partial charge in [0.15, 0.2) is 6.29 Å². The fraction of sp³-hybridized carbons (Fsp3) is 0.429. The number of carbonyl (C=O) groups is 1. The van der Waals surface area contributed by atoms with Crippen molar-refractivity contribution in [2.24, 2.45) is 5.92 Å². The first-order valence-electron chi connectivity index (χ1n) is 5.85. The van der Waals surface area contributed by atoms with Gasteiger partial charge in [-0.05, 0) is 37.3 Å². The summed E-state index contributed by atoms with van der Waals surface area (Å²) in [6.07, 6.45) is 10.4. The number of rotatable bonds is 5. The standard InChI is InChI=1S/C14H16N2O/c1-3-6-16(9-12-4-5-12)14-11(2)7-13(10-17)8-15-14/h1,7-8,10,12H,4-6,9H2,2H3. The van der Waals surface area contributed by atoms with Crippen LogP contribution in [0.4, 0.5) is 5.82 Å². The number of pyridine rings is 1. The van der Waals surface area contributed by atoms with Gasteiger partial charge in [-0.25, -0.2) is 4.98 Å². The van der Waals surface area contributed by atoms with Gasteiger partial charge >= 0.3 is 0 Å². The van der Waals surface area contributed by atoms with Gasteiger partial charge in [-0.15, -0.1) is 6.42 Å². The molecule has 3 heteroatoms. The molecule has 0 atom stereocenters. The average Bonchev–Trinajstić information content (AvgIpc) is 3.12. The summed E-state index contributed by atoms with van der Waals surface area (Å²) in [5.74, 6) is 4.33. The maximum atomic E-state index is 10.7. The Morgan fingerprint density at radius 2 is 2.41 bits per heavy atom. The van der Waals surface area contributed by atoms with Gasteiger partial charge in [-0.2, -0.15) is 0 Å². The molecule has 1 aromatic heterocycles. The molecule has 0 bridgehead atoms. The Bertz CT molecular complexity index is 458. The number of hydrogen-bond acceptors (Lipinski definition) is 3. The number of nitrogens with zero attached hydrogens (tertiary/aromatic N) is 2. The highest BCUT2D eigenvalue weighted by Crippen LogP contribution is 2.31. The van der Waals surface area contributed by atoms with Crippen LogP contribution in [0.25, 0.3) is 0 Å². The normalized spacial score (nSPS) is 14.1. The monoisotopic (exact) mass is 228 g/mol. The molecular formula is C14H16N2O. The summed E-state index contributed by atoms with van der Waals surface area (Å²) in [5, 5.41) is 0. The second-order valence-corrected chi connectivity index (χ2v) is 4.56. The number of aldehydes is 1. The van der Waals surface area contributed by atoms with Crippen LogP contribution in [0.5, 0.6) is 0 Å². The van der Waals surface area contributed by atoms with Crippen LogP contribution in [0.3, 0.4) is 0 Å². The number of terminal acetylenes is 1. The number of aromatic nitrogens is 1. The minimum absolute atomic E-state index is 0.574. The van der Waals surface area contributed by atoms with E-state index in [4.69, 9.17) is 6.42 Å². The highest BCUT2D eigenvalue weighted by Gasteiger charge is 2.25. The van der Waals surface area contributed by atoms with Crippen LogP contribution in [-0.4, -0.2) is 24.4 Å². The summed E-state index contributed by atoms with van der Waals surface area (Å²) in [6, 6.07) is 1.85. The lowest BCUT2D eigenvalue weighted by Gasteiger charge is -2.22. The molecule has 1 aromatic rings. The molecular weight excluding hydrogens is 212 g/mol. The van der Waals surface area contributed by atoms with Crippen molar-refractivity contribution in [3.63, 3.8) is 0 Å². The molecule has 1 saturated carbocycles. The third-order valence-corrected chi connectivity index (χ3v) is 2.97. The van der Waals surface area contributed by atoms with Gasteiger partial charge in [0.1, 0.15) is 5.82 Å². The molecule has 0 aliphatic heterocycles. The van der Waals surface area contributed by atoms with Gasteiger partial charge < -0.3 is 4.90 Å². The van der Waals surface area contributed by atoms with Crippen LogP contribution in [0.15, 0.2) is 12.3 Å². The summed E-state index contributed by atoms with van der Waals surface area (Å²) in [7, 11) is 0. The molecule has 88 valence electrons. The van der Waals surface area contributed by atoms with Crippen LogP contribution in [0, 0.1) is 25.2 Å². The Kier molecular flexibility index (Phi) is 3.43. The topological polar surface area (TPSA) is 33.2 Å². The molecule has 1 aliphatic rings. The van der Waals surface area contributed by atoms with Gasteiger partial charge in [0.2, 0.25) is 0 Å². The second-order valence-electron chi connectivity index (χ2n) is 4.56. The van der Waals surface area contributed by atoms with Crippen LogP contribution >= 0.6 is 0 Å². The van der Waals surface area contributed by atoms with Crippen molar-refractivity contribution < 1.29 is 4.79 Å². The van der Waals surface area contributed by atoms with Crippen LogP contribution < -0.4 is 4.90 Å². The van der Waals surface area contributed by atoms with E-state index in [1.807, 2.05) is 13.0 Å². The summed E-state index contributed by atoms with van der Waals surface area (Å²) in [5.41, 5.74) is 1.61. The molecule has 3 nitrogen and oxygen atoms in total. The van der Waals surface area contributed by atoms with Gasteiger partial charge in [-0.1, -0.05) is 5.92 Å². The molecule has 0 unspecified atom stereocenters. The summed E-state index contributed by atoms with van der Waals surface area (Å²) >= 11 is 0. The fourth-order valence-corrected chi connectivity index (χ4v) is 1.93. The summed E-state index contributed by atoms with van der Waals surface area (Å²) in [4.78, 5) is 17.1. The van der Waals surface area contributed by atoms with Crippen molar-refractivity contribution in [1.29, 1.82) is 0 Å². The van der Waals surface area contributed by atoms with Crippen molar-refractivity contribution in [3.8, 4) is 12.3 Å². The molecule has 0 amide bonds. The van der Waals surface area contributed by atoms with E-state index in [9.17, 15) is 4.79 Å². The Balaban J connectivity index is 2.21. The first-order valence-corrected chi connectivity index (χ1v) is 5.85. The van der Waals surface area contributed by atoms with E-state index in [0.717, 1.165) is 30.1 Å². The van der Waals surface area contributed by atoms with Crippen LogP contribution in [0.1, 0.15) is 28.8 Å². The largest absolute Gasteiger partial charge is 0.345 e. The SMILES string of the molecule is C#CCN(CC1CC1)c1ncc(C=O)cc1C. The van der Waals surface area contributed by atoms with Crippen LogP contribution in [0.2, 0.25) is 0 Å². The molecule has 17 heavy (non-hydrogen) atoms. The van der Waals surface area contributed by atoms with E-state index in [0.29, 0.717) is 12.1 Å². The predicted molar refractivity (Wildman–Crippen MR) is 68.1 cm³/mol. The van der Waals surface area contributed by atoms with Crippen molar-refractivity contribution in [1.82, 2.24) is 4.98 Å².